The first-order valence-electron chi connectivity index (χ1n) is 18.6. The Bertz CT molecular complexity index is 3130. The molecule has 0 bridgehead atoms. The van der Waals surface area contributed by atoms with Crippen LogP contribution in [0.25, 0.3) is 105 Å². The van der Waals surface area contributed by atoms with Crippen LogP contribution < -0.4 is 0 Å². The van der Waals surface area contributed by atoms with E-state index < -0.39 is 0 Å². The highest BCUT2D eigenvalue weighted by Crippen LogP contribution is 2.43. The fraction of sp³-hybridized carbons (Fsp3) is 0. The maximum absolute atomic E-state index is 5.13. The number of fused-ring (bicyclic) bond motifs is 5. The highest BCUT2D eigenvalue weighted by atomic mass is 15.0. The number of hydrogen-bond donors (Lipinski definition) is 0. The Morgan fingerprint density at radius 3 is 1.18 bits per heavy atom. The van der Waals surface area contributed by atoms with Crippen molar-refractivity contribution in [1.82, 2.24) is 19.5 Å². The molecule has 9 aromatic carbocycles. The van der Waals surface area contributed by atoms with Gasteiger partial charge in [-0.15, -0.1) is 0 Å². The molecule has 0 radical (unpaired) electrons. The Hall–Kier alpha value is -7.43. The summed E-state index contributed by atoms with van der Waals surface area (Å²) in [7, 11) is 0. The van der Waals surface area contributed by atoms with Crippen LogP contribution in [-0.4, -0.2) is 19.5 Å². The lowest BCUT2D eigenvalue weighted by atomic mass is 9.95. The van der Waals surface area contributed by atoms with Crippen LogP contribution in [-0.2, 0) is 0 Å². The van der Waals surface area contributed by atoms with Gasteiger partial charge in [0.25, 0.3) is 0 Å². The van der Waals surface area contributed by atoms with Crippen LogP contribution in [0.4, 0.5) is 0 Å². The van der Waals surface area contributed by atoms with Crippen LogP contribution in [0.15, 0.2) is 194 Å². The van der Waals surface area contributed by atoms with Crippen molar-refractivity contribution in [2.45, 2.75) is 0 Å². The van der Waals surface area contributed by atoms with Crippen molar-refractivity contribution in [2.24, 2.45) is 0 Å². The molecule has 0 aliphatic heterocycles. The zero-order chi connectivity index (χ0) is 36.3. The van der Waals surface area contributed by atoms with E-state index in [1.807, 2.05) is 36.4 Å². The highest BCUT2D eigenvalue weighted by Gasteiger charge is 2.19. The molecule has 55 heavy (non-hydrogen) atoms. The first kappa shape index (κ1) is 31.1. The van der Waals surface area contributed by atoms with Gasteiger partial charge in [-0.1, -0.05) is 170 Å². The normalized spacial score (nSPS) is 11.6. The summed E-state index contributed by atoms with van der Waals surface area (Å²) in [6.07, 6.45) is 0. The molecule has 4 heteroatoms. The molecule has 0 N–H and O–H groups in total. The van der Waals surface area contributed by atoms with Gasteiger partial charge in [-0.25, -0.2) is 15.0 Å². The molecule has 0 aliphatic rings. The lowest BCUT2D eigenvalue weighted by Crippen LogP contribution is -2.01. The highest BCUT2D eigenvalue weighted by molar-refractivity contribution is 6.33. The van der Waals surface area contributed by atoms with Crippen molar-refractivity contribution in [2.75, 3.05) is 0 Å². The van der Waals surface area contributed by atoms with Gasteiger partial charge in [0.15, 0.2) is 17.5 Å². The van der Waals surface area contributed by atoms with E-state index in [-0.39, 0.29) is 0 Å². The quantitative estimate of drug-likeness (QED) is 0.179. The Kier molecular flexibility index (Phi) is 7.14. The summed E-state index contributed by atoms with van der Waals surface area (Å²) in [4.78, 5) is 15.2. The van der Waals surface area contributed by atoms with Gasteiger partial charge < -0.3 is 4.57 Å². The van der Waals surface area contributed by atoms with E-state index in [9.17, 15) is 0 Å². The summed E-state index contributed by atoms with van der Waals surface area (Å²) in [5.41, 5.74) is 8.48. The second kappa shape index (κ2) is 12.6. The molecule has 0 aliphatic carbocycles. The summed E-state index contributed by atoms with van der Waals surface area (Å²) < 4.78 is 2.40. The monoisotopic (exact) mass is 700 g/mol. The zero-order valence-corrected chi connectivity index (χ0v) is 29.8. The van der Waals surface area contributed by atoms with Crippen LogP contribution >= 0.6 is 0 Å². The van der Waals surface area contributed by atoms with E-state index in [2.05, 4.69) is 162 Å². The zero-order valence-electron chi connectivity index (χ0n) is 29.8. The van der Waals surface area contributed by atoms with Crippen molar-refractivity contribution < 1.29 is 0 Å². The summed E-state index contributed by atoms with van der Waals surface area (Å²) in [5.74, 6) is 1.90. The molecule has 11 rings (SSSR count). The molecule has 2 heterocycles. The number of aromatic nitrogens is 4. The smallest absolute Gasteiger partial charge is 0.164 e. The Labute approximate surface area is 317 Å². The van der Waals surface area contributed by atoms with E-state index in [0.717, 1.165) is 39.0 Å². The molecular formula is C51H32N4. The Balaban J connectivity index is 1.14. The van der Waals surface area contributed by atoms with Gasteiger partial charge in [-0.3, -0.25) is 0 Å². The molecule has 0 atom stereocenters. The fourth-order valence-corrected chi connectivity index (χ4v) is 8.32. The first-order valence-corrected chi connectivity index (χ1v) is 18.6. The van der Waals surface area contributed by atoms with Crippen molar-refractivity contribution in [3.05, 3.63) is 194 Å². The lowest BCUT2D eigenvalue weighted by Gasteiger charge is -2.12. The number of rotatable bonds is 5. The van der Waals surface area contributed by atoms with Crippen LogP contribution in [0.2, 0.25) is 0 Å². The molecule has 4 nitrogen and oxygen atoms in total. The molecule has 0 saturated heterocycles. The molecule has 256 valence electrons. The van der Waals surface area contributed by atoms with Gasteiger partial charge in [-0.05, 0) is 67.7 Å². The summed E-state index contributed by atoms with van der Waals surface area (Å²) in [6, 6.07) is 68.7. The molecule has 0 amide bonds. The van der Waals surface area contributed by atoms with E-state index in [0.29, 0.717) is 17.5 Å². The van der Waals surface area contributed by atoms with Crippen LogP contribution in [0.1, 0.15) is 0 Å². The summed E-state index contributed by atoms with van der Waals surface area (Å²) >= 11 is 0. The van der Waals surface area contributed by atoms with Crippen molar-refractivity contribution in [3.63, 3.8) is 0 Å². The van der Waals surface area contributed by atoms with Gasteiger partial charge in [0.1, 0.15) is 0 Å². The maximum Gasteiger partial charge on any atom is 0.164 e. The minimum absolute atomic E-state index is 0.626. The third kappa shape index (κ3) is 5.11. The van der Waals surface area contributed by atoms with E-state index in [1.165, 1.54) is 48.7 Å². The summed E-state index contributed by atoms with van der Waals surface area (Å²) in [6.45, 7) is 0. The second-order valence-electron chi connectivity index (χ2n) is 14.0. The van der Waals surface area contributed by atoms with Crippen LogP contribution in [0.3, 0.4) is 0 Å². The molecule has 0 spiro atoms. The van der Waals surface area contributed by atoms with Crippen LogP contribution in [0, 0.1) is 0 Å². The SMILES string of the molecule is c1ccc(-c2ccc(-c3nc(-c4ccccc4)nc(-c4cccc(-n5c6cccc7c8ccccc8c8ccccc8c8cccc5c8c76)c4)n3)cc2)cc1. The predicted octanol–water partition coefficient (Wildman–Crippen LogP) is 13.1. The van der Waals surface area contributed by atoms with E-state index >= 15 is 0 Å². The molecule has 11 aromatic rings. The first-order chi connectivity index (χ1) is 27.3. The fourth-order valence-electron chi connectivity index (χ4n) is 8.32. The third-order valence-electron chi connectivity index (χ3n) is 10.8. The van der Waals surface area contributed by atoms with Gasteiger partial charge in [0.05, 0.1) is 11.0 Å². The topological polar surface area (TPSA) is 43.6 Å². The van der Waals surface area contributed by atoms with Gasteiger partial charge in [-0.2, -0.15) is 0 Å². The summed E-state index contributed by atoms with van der Waals surface area (Å²) in [5, 5.41) is 9.97. The standard InChI is InChI=1S/C51H32N4/c1-3-14-33(15-4-1)34-28-30-36(31-29-34)50-52-49(35-16-5-2-6-17-35)53-51(54-50)37-18-11-19-38(32-37)55-45-26-12-24-43-41-22-9-7-20-39(41)40-21-8-10-23-42(40)44-25-13-27-46(55)48(44)47(43)45/h1-32H. The van der Waals surface area contributed by atoms with E-state index in [4.69, 9.17) is 15.0 Å². The number of nitrogens with zero attached hydrogens (tertiary/aromatic N) is 4. The minimum Gasteiger partial charge on any atom is -0.309 e. The van der Waals surface area contributed by atoms with Crippen molar-refractivity contribution in [1.29, 1.82) is 0 Å². The third-order valence-corrected chi connectivity index (χ3v) is 10.8. The van der Waals surface area contributed by atoms with Crippen LogP contribution in [0.5, 0.6) is 0 Å². The van der Waals surface area contributed by atoms with Crippen molar-refractivity contribution in [3.8, 4) is 51.0 Å². The largest absolute Gasteiger partial charge is 0.309 e. The molecule has 2 aromatic heterocycles. The average Bonchev–Trinajstić information content (AvgIpc) is 3.61. The molecule has 0 unspecified atom stereocenters. The van der Waals surface area contributed by atoms with E-state index in [1.54, 1.807) is 0 Å². The lowest BCUT2D eigenvalue weighted by molar-refractivity contribution is 1.07. The molecular weight excluding hydrogens is 669 g/mol. The molecule has 0 saturated carbocycles. The maximum atomic E-state index is 5.13. The van der Waals surface area contributed by atoms with Gasteiger partial charge >= 0.3 is 0 Å². The Morgan fingerprint density at radius 1 is 0.273 bits per heavy atom. The number of benzene rings is 8. The predicted molar refractivity (Wildman–Crippen MR) is 228 cm³/mol. The average molecular weight is 701 g/mol. The van der Waals surface area contributed by atoms with Gasteiger partial charge in [0, 0.05) is 33.2 Å². The second-order valence-corrected chi connectivity index (χ2v) is 14.0. The van der Waals surface area contributed by atoms with Gasteiger partial charge in [0.2, 0.25) is 0 Å². The molecule has 0 fully saturated rings. The minimum atomic E-state index is 0.626. The Morgan fingerprint density at radius 2 is 0.636 bits per heavy atom. The van der Waals surface area contributed by atoms with Crippen molar-refractivity contribution >= 4 is 54.1 Å². The number of hydrogen-bond acceptors (Lipinski definition) is 3.